The van der Waals surface area contributed by atoms with E-state index in [1.54, 1.807) is 12.3 Å². The average molecular weight is 417 g/mol. The van der Waals surface area contributed by atoms with Gasteiger partial charge in [0.05, 0.1) is 29.7 Å². The smallest absolute Gasteiger partial charge is 0.392 e. The number of fused-ring (bicyclic) bond motifs is 1. The molecule has 0 unspecified atom stereocenters. The van der Waals surface area contributed by atoms with Gasteiger partial charge in [0, 0.05) is 35.5 Å². The van der Waals surface area contributed by atoms with Gasteiger partial charge in [0.25, 0.3) is 0 Å². The summed E-state index contributed by atoms with van der Waals surface area (Å²) in [5.74, 6) is -1.59. The van der Waals surface area contributed by atoms with Crippen LogP contribution in [0.4, 0.5) is 13.2 Å². The molecule has 4 aromatic rings. The highest BCUT2D eigenvalue weighted by atomic mass is 19.4. The lowest BCUT2D eigenvalue weighted by Gasteiger charge is -2.05. The molecule has 0 aliphatic heterocycles. The van der Waals surface area contributed by atoms with E-state index in [4.69, 9.17) is 0 Å². The van der Waals surface area contributed by atoms with Crippen LogP contribution >= 0.6 is 0 Å². The molecule has 10 heteroatoms. The zero-order valence-corrected chi connectivity index (χ0v) is 16.0. The van der Waals surface area contributed by atoms with E-state index in [1.807, 2.05) is 12.3 Å². The Morgan fingerprint density at radius 1 is 1.17 bits per heavy atom. The summed E-state index contributed by atoms with van der Waals surface area (Å²) in [7, 11) is 0. The van der Waals surface area contributed by atoms with Gasteiger partial charge in [0.15, 0.2) is 0 Å². The predicted octanol–water partition coefficient (Wildman–Crippen LogP) is 4.46. The molecule has 0 fully saturated rings. The molecule has 0 atom stereocenters. The van der Waals surface area contributed by atoms with Gasteiger partial charge in [-0.1, -0.05) is 18.5 Å². The van der Waals surface area contributed by atoms with Gasteiger partial charge in [-0.3, -0.25) is 9.97 Å². The molecular weight excluding hydrogens is 399 g/mol. The number of aryl methyl sites for hydroxylation is 1. The molecule has 1 N–H and O–H groups in total. The first-order chi connectivity index (χ1) is 14.4. The van der Waals surface area contributed by atoms with Crippen molar-refractivity contribution in [3.8, 4) is 22.8 Å². The fourth-order valence-electron chi connectivity index (χ4n) is 3.21. The maximum Gasteiger partial charge on any atom is 0.471 e. The van der Waals surface area contributed by atoms with Gasteiger partial charge in [-0.2, -0.15) is 18.2 Å². The summed E-state index contributed by atoms with van der Waals surface area (Å²) < 4.78 is 44.5. The maximum atomic E-state index is 12.7. The van der Waals surface area contributed by atoms with Crippen molar-refractivity contribution in [3.05, 3.63) is 48.2 Å². The molecular formula is C20H18F3N5O2. The van der Waals surface area contributed by atoms with E-state index in [0.717, 1.165) is 35.9 Å². The molecule has 0 saturated carbocycles. The zero-order chi connectivity index (χ0) is 21.3. The first kappa shape index (κ1) is 20.0. The van der Waals surface area contributed by atoms with Gasteiger partial charge in [-0.15, -0.1) is 0 Å². The topological polar surface area (TPSA) is 89.9 Å². The third-order valence-corrected chi connectivity index (χ3v) is 4.72. The van der Waals surface area contributed by atoms with Crippen molar-refractivity contribution in [1.82, 2.24) is 24.7 Å². The zero-order valence-electron chi connectivity index (χ0n) is 16.0. The molecule has 0 radical (unpaired) electrons. The number of alkyl halides is 3. The second-order valence-electron chi connectivity index (χ2n) is 6.80. The number of hydrogen-bond acceptors (Lipinski definition) is 6. The van der Waals surface area contributed by atoms with Gasteiger partial charge < -0.3 is 14.2 Å². The predicted molar refractivity (Wildman–Crippen MR) is 102 cm³/mol. The van der Waals surface area contributed by atoms with Crippen molar-refractivity contribution >= 4 is 10.9 Å². The monoisotopic (exact) mass is 417 g/mol. The second kappa shape index (κ2) is 7.86. The Morgan fingerprint density at radius 3 is 2.67 bits per heavy atom. The van der Waals surface area contributed by atoms with E-state index in [2.05, 4.69) is 36.1 Å². The normalized spacial score (nSPS) is 12.0. The number of hydrogen-bond donors (Lipinski definition) is 1. The van der Waals surface area contributed by atoms with Crippen LogP contribution in [-0.4, -0.2) is 29.8 Å². The second-order valence-corrected chi connectivity index (χ2v) is 6.80. The Hall–Kier alpha value is -3.27. The lowest BCUT2D eigenvalue weighted by Crippen LogP contribution is -2.04. The molecule has 0 saturated heterocycles. The lowest BCUT2D eigenvalue weighted by molar-refractivity contribution is -0.159. The lowest BCUT2D eigenvalue weighted by atomic mass is 10.1. The van der Waals surface area contributed by atoms with Crippen LogP contribution in [0.15, 0.2) is 41.3 Å². The fraction of sp³-hybridized carbons (Fsp3) is 0.300. The number of halogens is 3. The SMILES string of the molecule is CCCCn1cc(CO)c2cc(-c3cc(-c4noc(C(F)(F)F)n4)ccn3)ncc21. The van der Waals surface area contributed by atoms with Crippen molar-refractivity contribution < 1.29 is 22.8 Å². The first-order valence-electron chi connectivity index (χ1n) is 9.37. The summed E-state index contributed by atoms with van der Waals surface area (Å²) in [4.78, 5) is 12.1. The Bertz CT molecular complexity index is 1180. The number of pyridine rings is 2. The average Bonchev–Trinajstić information content (AvgIpc) is 3.37. The third kappa shape index (κ3) is 3.78. The molecule has 0 bridgehead atoms. The number of rotatable bonds is 6. The summed E-state index contributed by atoms with van der Waals surface area (Å²) in [6, 6.07) is 4.85. The molecule has 0 aromatic carbocycles. The maximum absolute atomic E-state index is 12.7. The van der Waals surface area contributed by atoms with Crippen LogP contribution in [0.1, 0.15) is 31.2 Å². The van der Waals surface area contributed by atoms with E-state index in [9.17, 15) is 18.3 Å². The highest BCUT2D eigenvalue weighted by molar-refractivity contribution is 5.86. The van der Waals surface area contributed by atoms with Crippen LogP contribution in [0, 0.1) is 0 Å². The quantitative estimate of drug-likeness (QED) is 0.498. The van der Waals surface area contributed by atoms with Crippen molar-refractivity contribution in [2.24, 2.45) is 0 Å². The summed E-state index contributed by atoms with van der Waals surface area (Å²) in [6.45, 7) is 2.81. The van der Waals surface area contributed by atoms with Crippen LogP contribution in [-0.2, 0) is 19.3 Å². The first-order valence-corrected chi connectivity index (χ1v) is 9.37. The van der Waals surface area contributed by atoms with Gasteiger partial charge in [-0.25, -0.2) is 0 Å². The molecule has 0 aliphatic carbocycles. The minimum atomic E-state index is -4.71. The van der Waals surface area contributed by atoms with E-state index in [-0.39, 0.29) is 12.4 Å². The van der Waals surface area contributed by atoms with Crippen LogP contribution < -0.4 is 0 Å². The van der Waals surface area contributed by atoms with Crippen molar-refractivity contribution in [2.45, 2.75) is 39.1 Å². The molecule has 30 heavy (non-hydrogen) atoms. The number of aliphatic hydroxyl groups is 1. The van der Waals surface area contributed by atoms with Crippen LogP contribution in [0.3, 0.4) is 0 Å². The van der Waals surface area contributed by atoms with E-state index in [1.165, 1.54) is 12.3 Å². The summed E-state index contributed by atoms with van der Waals surface area (Å²) in [5.41, 5.74) is 2.96. The summed E-state index contributed by atoms with van der Waals surface area (Å²) in [6.07, 6.45) is 2.41. The van der Waals surface area contributed by atoms with Gasteiger partial charge >= 0.3 is 12.1 Å². The van der Waals surface area contributed by atoms with Crippen molar-refractivity contribution in [1.29, 1.82) is 0 Å². The van der Waals surface area contributed by atoms with Crippen molar-refractivity contribution in [2.75, 3.05) is 0 Å². The molecule has 0 spiro atoms. The minimum Gasteiger partial charge on any atom is -0.392 e. The number of unbranched alkanes of at least 4 members (excludes halogenated alkanes) is 1. The summed E-state index contributed by atoms with van der Waals surface area (Å²) >= 11 is 0. The van der Waals surface area contributed by atoms with Crippen LogP contribution in [0.25, 0.3) is 33.7 Å². The van der Waals surface area contributed by atoms with E-state index >= 15 is 0 Å². The molecule has 7 nitrogen and oxygen atoms in total. The number of nitrogens with zero attached hydrogens (tertiary/aromatic N) is 5. The molecule has 0 aliphatic rings. The van der Waals surface area contributed by atoms with Gasteiger partial charge in [0.2, 0.25) is 5.82 Å². The Balaban J connectivity index is 1.72. The Morgan fingerprint density at radius 2 is 1.97 bits per heavy atom. The largest absolute Gasteiger partial charge is 0.471 e. The molecule has 4 aromatic heterocycles. The summed E-state index contributed by atoms with van der Waals surface area (Å²) in [5, 5.41) is 14.0. The third-order valence-electron chi connectivity index (χ3n) is 4.72. The Kier molecular flexibility index (Phi) is 5.25. The van der Waals surface area contributed by atoms with Crippen LogP contribution in [0.5, 0.6) is 0 Å². The van der Waals surface area contributed by atoms with Gasteiger partial charge in [-0.05, 0) is 24.6 Å². The Labute approximate surface area is 169 Å². The van der Waals surface area contributed by atoms with E-state index in [0.29, 0.717) is 17.0 Å². The fourth-order valence-corrected chi connectivity index (χ4v) is 3.21. The van der Waals surface area contributed by atoms with Crippen molar-refractivity contribution in [3.63, 3.8) is 0 Å². The standard InChI is InChI=1S/C20H18F3N5O2/c1-2-3-6-28-10-13(11-29)14-8-16(25-9-17(14)28)15-7-12(4-5-24-15)18-26-19(30-27-18)20(21,22)23/h4-5,7-10,29H,2-3,6,11H2,1H3. The molecule has 0 amide bonds. The van der Waals surface area contributed by atoms with Crippen LogP contribution in [0.2, 0.25) is 0 Å². The minimum absolute atomic E-state index is 0.115. The van der Waals surface area contributed by atoms with E-state index < -0.39 is 12.1 Å². The molecule has 4 heterocycles. The molecule has 4 rings (SSSR count). The molecule has 156 valence electrons. The van der Waals surface area contributed by atoms with Gasteiger partial charge in [0.1, 0.15) is 0 Å². The number of aliphatic hydroxyl groups excluding tert-OH is 1. The highest BCUT2D eigenvalue weighted by Crippen LogP contribution is 2.31. The number of aromatic nitrogens is 5. The highest BCUT2D eigenvalue weighted by Gasteiger charge is 2.38.